The first-order valence-corrected chi connectivity index (χ1v) is 9.30. The maximum Gasteiger partial charge on any atom is 0.307 e. The molecule has 2 aromatic rings. The maximum atomic E-state index is 10.8. The first-order valence-electron chi connectivity index (χ1n) is 9.30. The maximum absolute atomic E-state index is 10.8. The zero-order valence-electron chi connectivity index (χ0n) is 15.7. The van der Waals surface area contributed by atoms with Crippen molar-refractivity contribution in [2.24, 2.45) is 0 Å². The fourth-order valence-corrected chi connectivity index (χ4v) is 3.53. The molecule has 0 aromatic heterocycles. The van der Waals surface area contributed by atoms with Gasteiger partial charge in [-0.25, -0.2) is 0 Å². The fraction of sp³-hybridized carbons (Fsp3) is 0.364. The summed E-state index contributed by atoms with van der Waals surface area (Å²) in [5, 5.41) is 18.5. The van der Waals surface area contributed by atoms with E-state index < -0.39 is 5.97 Å². The number of aliphatic carboxylic acids is 1. The van der Waals surface area contributed by atoms with Crippen molar-refractivity contribution in [1.29, 1.82) is 5.26 Å². The Morgan fingerprint density at radius 1 is 1.07 bits per heavy atom. The number of carboxylic acid groups (broad SMARTS) is 1. The molecule has 0 spiro atoms. The largest absolute Gasteiger partial charge is 0.481 e. The Morgan fingerprint density at radius 2 is 1.81 bits per heavy atom. The molecule has 1 aliphatic rings. The molecule has 0 aliphatic carbocycles. The van der Waals surface area contributed by atoms with Gasteiger partial charge in [0.2, 0.25) is 0 Å². The molecule has 140 valence electrons. The van der Waals surface area contributed by atoms with Crippen LogP contribution in [0.3, 0.4) is 0 Å². The normalized spacial score (nSPS) is 15.9. The number of likely N-dealkylation sites (N-methyl/N-ethyl adjacent to an activating group) is 1. The van der Waals surface area contributed by atoms with Gasteiger partial charge in [-0.1, -0.05) is 36.4 Å². The Kier molecular flexibility index (Phi) is 6.23. The van der Waals surface area contributed by atoms with Gasteiger partial charge in [0.05, 0.1) is 18.1 Å². The summed E-state index contributed by atoms with van der Waals surface area (Å²) in [6.45, 7) is 5.20. The van der Waals surface area contributed by atoms with E-state index in [1.807, 2.05) is 36.4 Å². The van der Waals surface area contributed by atoms with Gasteiger partial charge in [-0.2, -0.15) is 5.26 Å². The highest BCUT2D eigenvalue weighted by molar-refractivity contribution is 5.73. The molecule has 1 N–H and O–H groups in total. The van der Waals surface area contributed by atoms with Gasteiger partial charge in [-0.15, -0.1) is 0 Å². The number of carboxylic acids is 1. The molecule has 0 bridgehead atoms. The zero-order valence-corrected chi connectivity index (χ0v) is 15.7. The number of carbonyl (C=O) groups is 1. The van der Waals surface area contributed by atoms with Crippen LogP contribution < -0.4 is 0 Å². The number of benzene rings is 2. The second kappa shape index (κ2) is 8.81. The van der Waals surface area contributed by atoms with E-state index in [1.54, 1.807) is 0 Å². The van der Waals surface area contributed by atoms with E-state index in [1.165, 1.54) is 6.42 Å². The summed E-state index contributed by atoms with van der Waals surface area (Å²) in [7, 11) is 2.16. The van der Waals surface area contributed by atoms with Crippen molar-refractivity contribution in [3.63, 3.8) is 0 Å². The molecule has 0 radical (unpaired) electrons. The Morgan fingerprint density at radius 3 is 2.52 bits per heavy atom. The van der Waals surface area contributed by atoms with E-state index in [-0.39, 0.29) is 6.42 Å². The third-order valence-electron chi connectivity index (χ3n) is 5.04. The van der Waals surface area contributed by atoms with Crippen molar-refractivity contribution in [2.45, 2.75) is 19.4 Å². The molecule has 0 amide bonds. The molecule has 2 aromatic carbocycles. The van der Waals surface area contributed by atoms with Gasteiger partial charge in [0, 0.05) is 19.6 Å². The summed E-state index contributed by atoms with van der Waals surface area (Å²) < 4.78 is 0. The quantitative estimate of drug-likeness (QED) is 0.884. The summed E-state index contributed by atoms with van der Waals surface area (Å²) in [5.74, 6) is -0.843. The lowest BCUT2D eigenvalue weighted by Gasteiger charge is -2.20. The average molecular weight is 363 g/mol. The second-order valence-corrected chi connectivity index (χ2v) is 7.19. The van der Waals surface area contributed by atoms with Crippen LogP contribution in [-0.4, -0.2) is 54.1 Å². The molecule has 27 heavy (non-hydrogen) atoms. The minimum Gasteiger partial charge on any atom is -0.481 e. The van der Waals surface area contributed by atoms with Crippen LogP contribution in [0.1, 0.15) is 23.1 Å². The van der Waals surface area contributed by atoms with Crippen molar-refractivity contribution in [3.8, 4) is 17.2 Å². The molecule has 5 heteroatoms. The van der Waals surface area contributed by atoms with E-state index >= 15 is 0 Å². The van der Waals surface area contributed by atoms with Crippen molar-refractivity contribution in [1.82, 2.24) is 9.80 Å². The molecule has 1 fully saturated rings. The molecule has 1 heterocycles. The van der Waals surface area contributed by atoms with E-state index in [4.69, 9.17) is 5.11 Å². The highest BCUT2D eigenvalue weighted by atomic mass is 16.4. The van der Waals surface area contributed by atoms with E-state index in [0.29, 0.717) is 5.56 Å². The van der Waals surface area contributed by atoms with Gasteiger partial charge < -0.3 is 10.0 Å². The number of hydrogen-bond donors (Lipinski definition) is 1. The monoisotopic (exact) mass is 363 g/mol. The van der Waals surface area contributed by atoms with E-state index in [9.17, 15) is 10.1 Å². The van der Waals surface area contributed by atoms with Crippen LogP contribution in [0.4, 0.5) is 0 Å². The van der Waals surface area contributed by atoms with Crippen molar-refractivity contribution >= 4 is 5.97 Å². The first-order chi connectivity index (χ1) is 13.0. The van der Waals surface area contributed by atoms with Crippen molar-refractivity contribution in [2.75, 3.05) is 33.2 Å². The highest BCUT2D eigenvalue weighted by Crippen LogP contribution is 2.25. The van der Waals surface area contributed by atoms with Crippen LogP contribution in [-0.2, 0) is 17.8 Å². The summed E-state index contributed by atoms with van der Waals surface area (Å²) >= 11 is 0. The lowest BCUT2D eigenvalue weighted by Crippen LogP contribution is -2.28. The Hall–Kier alpha value is -2.68. The predicted molar refractivity (Wildman–Crippen MR) is 105 cm³/mol. The highest BCUT2D eigenvalue weighted by Gasteiger charge is 2.14. The molecule has 1 saturated heterocycles. The topological polar surface area (TPSA) is 67.6 Å². The molecule has 1 aliphatic heterocycles. The minimum absolute atomic E-state index is 0.00927. The molecule has 0 atom stereocenters. The van der Waals surface area contributed by atoms with Crippen LogP contribution in [0.5, 0.6) is 0 Å². The van der Waals surface area contributed by atoms with Gasteiger partial charge in [-0.3, -0.25) is 9.69 Å². The first kappa shape index (κ1) is 19.1. The van der Waals surface area contributed by atoms with Gasteiger partial charge in [0.1, 0.15) is 0 Å². The zero-order chi connectivity index (χ0) is 19.2. The Balaban J connectivity index is 1.76. The number of rotatable bonds is 5. The smallest absolute Gasteiger partial charge is 0.307 e. The number of hydrogen-bond acceptors (Lipinski definition) is 4. The minimum atomic E-state index is -0.843. The summed E-state index contributed by atoms with van der Waals surface area (Å²) in [5.41, 5.74) is 4.39. The van der Waals surface area contributed by atoms with Crippen LogP contribution in [0.25, 0.3) is 11.1 Å². The van der Waals surface area contributed by atoms with Crippen molar-refractivity contribution < 1.29 is 9.90 Å². The van der Waals surface area contributed by atoms with Gasteiger partial charge in [0.25, 0.3) is 0 Å². The van der Waals surface area contributed by atoms with E-state index in [0.717, 1.165) is 55.0 Å². The predicted octanol–water partition coefficient (Wildman–Crippen LogP) is 2.99. The summed E-state index contributed by atoms with van der Waals surface area (Å²) in [6, 6.07) is 15.8. The average Bonchev–Trinajstić information content (AvgIpc) is 2.86. The fourth-order valence-electron chi connectivity index (χ4n) is 3.53. The second-order valence-electron chi connectivity index (χ2n) is 7.19. The lowest BCUT2D eigenvalue weighted by atomic mass is 9.96. The van der Waals surface area contributed by atoms with E-state index in [2.05, 4.69) is 29.0 Å². The number of nitriles is 1. The van der Waals surface area contributed by atoms with Crippen LogP contribution in [0.15, 0.2) is 42.5 Å². The van der Waals surface area contributed by atoms with Crippen LogP contribution in [0, 0.1) is 11.3 Å². The molecular weight excluding hydrogens is 338 g/mol. The lowest BCUT2D eigenvalue weighted by molar-refractivity contribution is -0.136. The standard InChI is InChI=1S/C22H25N3O2/c1-24-9-2-10-25(12-11-24)16-18-5-8-21(20(13-18)15-23)19-6-3-17(4-7-19)14-22(26)27/h3-8,13H,2,9-12,14,16H2,1H3,(H,26,27). The Bertz CT molecular complexity index is 840. The molecular formula is C22H25N3O2. The molecule has 3 rings (SSSR count). The number of nitrogens with zero attached hydrogens (tertiary/aromatic N) is 3. The molecule has 0 unspecified atom stereocenters. The third-order valence-corrected chi connectivity index (χ3v) is 5.04. The Labute approximate surface area is 160 Å². The molecule has 0 saturated carbocycles. The SMILES string of the molecule is CN1CCCN(Cc2ccc(-c3ccc(CC(=O)O)cc3)c(C#N)c2)CC1. The summed E-state index contributed by atoms with van der Waals surface area (Å²) in [4.78, 5) is 15.6. The van der Waals surface area contributed by atoms with Crippen molar-refractivity contribution in [3.05, 3.63) is 59.2 Å². The third kappa shape index (κ3) is 5.16. The van der Waals surface area contributed by atoms with Crippen LogP contribution in [0.2, 0.25) is 0 Å². The molecule has 5 nitrogen and oxygen atoms in total. The van der Waals surface area contributed by atoms with Gasteiger partial charge in [-0.05, 0) is 54.9 Å². The van der Waals surface area contributed by atoms with Gasteiger partial charge in [0.15, 0.2) is 0 Å². The summed E-state index contributed by atoms with van der Waals surface area (Å²) in [6.07, 6.45) is 1.18. The van der Waals surface area contributed by atoms with Gasteiger partial charge >= 0.3 is 5.97 Å². The van der Waals surface area contributed by atoms with Crippen LogP contribution >= 0.6 is 0 Å².